The molecule has 0 saturated carbocycles. The quantitative estimate of drug-likeness (QED) is 0.499. The third-order valence-corrected chi connectivity index (χ3v) is 7.06. The van der Waals surface area contributed by atoms with Gasteiger partial charge in [0.05, 0.1) is 0 Å². The van der Waals surface area contributed by atoms with E-state index in [9.17, 15) is 4.21 Å². The lowest BCUT2D eigenvalue weighted by molar-refractivity contribution is 0.672. The predicted octanol–water partition coefficient (Wildman–Crippen LogP) is 4.18. The number of nitrogens with one attached hydrogen (secondary N) is 1. The summed E-state index contributed by atoms with van der Waals surface area (Å²) in [4.78, 5) is 15.7. The van der Waals surface area contributed by atoms with Crippen LogP contribution in [0.2, 0.25) is 0 Å². The molecular formula is C25H25N5OS. The molecule has 0 atom stereocenters. The minimum absolute atomic E-state index is 0.682. The molecule has 1 N–H and O–H groups in total. The number of hydrogen-bond acceptors (Lipinski definition) is 6. The van der Waals surface area contributed by atoms with Gasteiger partial charge in [-0.05, 0) is 53.3 Å². The monoisotopic (exact) mass is 443 g/mol. The van der Waals surface area contributed by atoms with Gasteiger partial charge in [0.1, 0.15) is 11.6 Å². The second-order valence-electron chi connectivity index (χ2n) is 7.99. The van der Waals surface area contributed by atoms with Gasteiger partial charge in [-0.3, -0.25) is 9.19 Å². The van der Waals surface area contributed by atoms with Crippen molar-refractivity contribution >= 4 is 33.2 Å². The fourth-order valence-corrected chi connectivity index (χ4v) is 5.02. The number of rotatable bonds is 5. The van der Waals surface area contributed by atoms with Gasteiger partial charge in [0.25, 0.3) is 0 Å². The van der Waals surface area contributed by atoms with E-state index in [0.29, 0.717) is 18.1 Å². The first-order valence-electron chi connectivity index (χ1n) is 10.8. The fraction of sp³-hybridized carbons (Fsp3) is 0.240. The largest absolute Gasteiger partial charge is 0.365 e. The summed E-state index contributed by atoms with van der Waals surface area (Å²) in [5.41, 5.74) is 4.56. The Morgan fingerprint density at radius 1 is 0.938 bits per heavy atom. The second-order valence-corrected chi connectivity index (χ2v) is 9.69. The summed E-state index contributed by atoms with van der Waals surface area (Å²) in [6, 6.07) is 16.8. The fourth-order valence-electron chi connectivity index (χ4n) is 3.96. The van der Waals surface area contributed by atoms with E-state index in [1.165, 1.54) is 16.7 Å². The summed E-state index contributed by atoms with van der Waals surface area (Å²) in [5.74, 6) is 3.19. The summed E-state index contributed by atoms with van der Waals surface area (Å²) in [7, 11) is -0.692. The minimum Gasteiger partial charge on any atom is -0.365 e. The Labute approximate surface area is 190 Å². The number of aryl methyl sites for hydroxylation is 1. The van der Waals surface area contributed by atoms with Crippen LogP contribution in [-0.4, -0.2) is 43.8 Å². The van der Waals surface area contributed by atoms with Gasteiger partial charge in [-0.1, -0.05) is 24.3 Å². The van der Waals surface area contributed by atoms with Crippen LogP contribution in [0.25, 0.3) is 21.9 Å². The highest BCUT2D eigenvalue weighted by Gasteiger charge is 2.17. The summed E-state index contributed by atoms with van der Waals surface area (Å²) in [6.45, 7) is 4.26. The standard InChI is InChI=1S/C25H25N5OS/c1-18-14-21(6-8-26-18)20-4-2-19(3-5-20)16-29-25-23-17-28-24(15-22(23)7-9-27-25)30-10-12-32(31)13-11-30/h2-9,14-15,17H,10-13,16H2,1H3,(H,27,29). The lowest BCUT2D eigenvalue weighted by Gasteiger charge is -2.27. The maximum absolute atomic E-state index is 11.6. The number of aromatic nitrogens is 3. The molecule has 0 unspecified atom stereocenters. The topological polar surface area (TPSA) is 71.0 Å². The second kappa shape index (κ2) is 9.04. The minimum atomic E-state index is -0.692. The normalized spacial score (nSPS) is 14.6. The Hall–Kier alpha value is -3.32. The third kappa shape index (κ3) is 4.48. The number of benzene rings is 1. The van der Waals surface area contributed by atoms with Gasteiger partial charge in [-0.15, -0.1) is 0 Å². The molecule has 5 rings (SSSR count). The molecular weight excluding hydrogens is 418 g/mol. The van der Waals surface area contributed by atoms with E-state index in [4.69, 9.17) is 0 Å². The van der Waals surface area contributed by atoms with E-state index in [0.717, 1.165) is 41.2 Å². The molecule has 0 spiro atoms. The maximum Gasteiger partial charge on any atom is 0.135 e. The van der Waals surface area contributed by atoms with Gasteiger partial charge in [-0.2, -0.15) is 0 Å². The summed E-state index contributed by atoms with van der Waals surface area (Å²) in [6.07, 6.45) is 5.56. The molecule has 1 aliphatic heterocycles. The number of fused-ring (bicyclic) bond motifs is 1. The number of pyridine rings is 3. The van der Waals surface area contributed by atoms with Gasteiger partial charge in [0.2, 0.25) is 0 Å². The van der Waals surface area contributed by atoms with Gasteiger partial charge in [-0.25, -0.2) is 9.97 Å². The van der Waals surface area contributed by atoms with Crippen molar-refractivity contribution in [3.05, 3.63) is 78.4 Å². The maximum atomic E-state index is 11.6. The molecule has 32 heavy (non-hydrogen) atoms. The Morgan fingerprint density at radius 2 is 1.72 bits per heavy atom. The van der Waals surface area contributed by atoms with E-state index in [1.54, 1.807) is 0 Å². The molecule has 0 amide bonds. The van der Waals surface area contributed by atoms with Crippen LogP contribution in [-0.2, 0) is 17.3 Å². The Balaban J connectivity index is 1.30. The van der Waals surface area contributed by atoms with E-state index >= 15 is 0 Å². The zero-order chi connectivity index (χ0) is 21.9. The Kier molecular flexibility index (Phi) is 5.81. The molecule has 4 heterocycles. The first-order valence-corrected chi connectivity index (χ1v) is 12.2. The number of hydrogen-bond donors (Lipinski definition) is 1. The molecule has 1 aromatic carbocycles. The van der Waals surface area contributed by atoms with Crippen molar-refractivity contribution in [2.75, 3.05) is 34.8 Å². The average molecular weight is 444 g/mol. The molecule has 0 aliphatic carbocycles. The number of anilines is 2. The smallest absolute Gasteiger partial charge is 0.135 e. The molecule has 6 nitrogen and oxygen atoms in total. The van der Waals surface area contributed by atoms with Gasteiger partial charge >= 0.3 is 0 Å². The van der Waals surface area contributed by atoms with E-state index in [-0.39, 0.29) is 0 Å². The van der Waals surface area contributed by atoms with Crippen LogP contribution in [0, 0.1) is 6.92 Å². The lowest BCUT2D eigenvalue weighted by Crippen LogP contribution is -2.38. The summed E-state index contributed by atoms with van der Waals surface area (Å²) < 4.78 is 11.6. The molecule has 0 bridgehead atoms. The molecule has 1 fully saturated rings. The van der Waals surface area contributed by atoms with E-state index in [2.05, 4.69) is 61.6 Å². The van der Waals surface area contributed by atoms with Crippen LogP contribution >= 0.6 is 0 Å². The van der Waals surface area contributed by atoms with Crippen molar-refractivity contribution < 1.29 is 4.21 Å². The average Bonchev–Trinajstić information content (AvgIpc) is 2.83. The molecule has 1 aliphatic rings. The molecule has 1 saturated heterocycles. The molecule has 3 aromatic heterocycles. The molecule has 162 valence electrons. The Morgan fingerprint density at radius 3 is 2.50 bits per heavy atom. The first-order chi connectivity index (χ1) is 15.7. The zero-order valence-electron chi connectivity index (χ0n) is 18.0. The van der Waals surface area contributed by atoms with Crippen molar-refractivity contribution in [1.29, 1.82) is 0 Å². The van der Waals surface area contributed by atoms with Crippen LogP contribution in [0.1, 0.15) is 11.3 Å². The van der Waals surface area contributed by atoms with Gasteiger partial charge < -0.3 is 10.2 Å². The number of nitrogens with zero attached hydrogens (tertiary/aromatic N) is 4. The van der Waals surface area contributed by atoms with Gasteiger partial charge in [0, 0.05) is 71.6 Å². The van der Waals surface area contributed by atoms with Crippen molar-refractivity contribution in [1.82, 2.24) is 15.0 Å². The van der Waals surface area contributed by atoms with Crippen molar-refractivity contribution in [2.24, 2.45) is 0 Å². The zero-order valence-corrected chi connectivity index (χ0v) is 18.8. The van der Waals surface area contributed by atoms with Crippen molar-refractivity contribution in [2.45, 2.75) is 13.5 Å². The highest BCUT2D eigenvalue weighted by molar-refractivity contribution is 7.85. The summed E-state index contributed by atoms with van der Waals surface area (Å²) in [5, 5.41) is 5.56. The van der Waals surface area contributed by atoms with Crippen LogP contribution < -0.4 is 10.2 Å². The SMILES string of the molecule is Cc1cc(-c2ccc(CNc3nccc4cc(N5CCS(=O)CC5)ncc34)cc2)ccn1. The third-order valence-electron chi connectivity index (χ3n) is 5.78. The van der Waals surface area contributed by atoms with E-state index < -0.39 is 10.8 Å². The van der Waals surface area contributed by atoms with Gasteiger partial charge in [0.15, 0.2) is 0 Å². The highest BCUT2D eigenvalue weighted by atomic mass is 32.2. The van der Waals surface area contributed by atoms with E-state index in [1.807, 2.05) is 37.6 Å². The molecule has 0 radical (unpaired) electrons. The van der Waals surface area contributed by atoms with Crippen LogP contribution in [0.5, 0.6) is 0 Å². The van der Waals surface area contributed by atoms with Crippen molar-refractivity contribution in [3.8, 4) is 11.1 Å². The Bertz CT molecular complexity index is 1270. The van der Waals surface area contributed by atoms with Crippen LogP contribution in [0.4, 0.5) is 11.6 Å². The highest BCUT2D eigenvalue weighted by Crippen LogP contribution is 2.25. The predicted molar refractivity (Wildman–Crippen MR) is 131 cm³/mol. The first kappa shape index (κ1) is 20.6. The van der Waals surface area contributed by atoms with Crippen molar-refractivity contribution in [3.63, 3.8) is 0 Å². The molecule has 7 heteroatoms. The summed E-state index contributed by atoms with van der Waals surface area (Å²) >= 11 is 0. The van der Waals surface area contributed by atoms with Crippen LogP contribution in [0.15, 0.2) is 67.1 Å². The molecule has 4 aromatic rings. The van der Waals surface area contributed by atoms with Crippen LogP contribution in [0.3, 0.4) is 0 Å². The lowest BCUT2D eigenvalue weighted by atomic mass is 10.0.